The Bertz CT molecular complexity index is 665. The third kappa shape index (κ3) is 2.84. The fourth-order valence-electron chi connectivity index (χ4n) is 3.10. The number of rotatable bonds is 4. The summed E-state index contributed by atoms with van der Waals surface area (Å²) in [5.74, 6) is 1.15. The summed E-state index contributed by atoms with van der Waals surface area (Å²) in [6.07, 6.45) is 2.92. The number of carbonyl (C=O) groups excluding carboxylic acids is 1. The first kappa shape index (κ1) is 14.6. The van der Waals surface area contributed by atoms with Gasteiger partial charge in [0.1, 0.15) is 5.76 Å². The minimum Gasteiger partial charge on any atom is -0.360 e. The van der Waals surface area contributed by atoms with Crippen molar-refractivity contribution in [3.63, 3.8) is 0 Å². The fraction of sp³-hybridized carbons (Fsp3) is 0.412. The molecule has 2 aromatic rings. The van der Waals surface area contributed by atoms with Crippen molar-refractivity contribution in [1.82, 2.24) is 10.1 Å². The van der Waals surface area contributed by atoms with Crippen molar-refractivity contribution in [3.8, 4) is 0 Å². The first-order valence-corrected chi connectivity index (χ1v) is 7.77. The molecule has 1 N–H and O–H groups in total. The van der Waals surface area contributed by atoms with Crippen molar-refractivity contribution in [2.24, 2.45) is 0 Å². The molecule has 1 heterocycles. The molecule has 0 aliphatic heterocycles. The number of carbonyl (C=O) groups is 1. The lowest BCUT2D eigenvalue weighted by atomic mass is 10.1. The van der Waals surface area contributed by atoms with Crippen molar-refractivity contribution < 1.29 is 9.32 Å². The summed E-state index contributed by atoms with van der Waals surface area (Å²) in [7, 11) is 0. The summed E-state index contributed by atoms with van der Waals surface area (Å²) in [6, 6.07) is 10.1. The average Bonchev–Trinajstić information content (AvgIpc) is 3.11. The zero-order chi connectivity index (χ0) is 15.5. The van der Waals surface area contributed by atoms with E-state index in [1.165, 1.54) is 11.1 Å². The van der Waals surface area contributed by atoms with Gasteiger partial charge in [0.2, 0.25) is 0 Å². The quantitative estimate of drug-likeness (QED) is 0.931. The lowest BCUT2D eigenvalue weighted by Crippen LogP contribution is -2.38. The highest BCUT2D eigenvalue weighted by Crippen LogP contribution is 2.35. The van der Waals surface area contributed by atoms with E-state index in [2.05, 4.69) is 35.6 Å². The van der Waals surface area contributed by atoms with Crippen molar-refractivity contribution in [1.29, 1.82) is 0 Å². The number of hydrogen-bond acceptors (Lipinski definition) is 3. The number of nitrogens with zero attached hydrogens (tertiary/aromatic N) is 2. The monoisotopic (exact) mass is 299 g/mol. The van der Waals surface area contributed by atoms with E-state index in [1.807, 2.05) is 11.0 Å². The maximum Gasteiger partial charge on any atom is 0.323 e. The molecule has 5 nitrogen and oxygen atoms in total. The highest BCUT2D eigenvalue weighted by atomic mass is 16.5. The van der Waals surface area contributed by atoms with E-state index in [0.29, 0.717) is 11.6 Å². The van der Waals surface area contributed by atoms with Gasteiger partial charge in [-0.25, -0.2) is 4.79 Å². The maximum absolute atomic E-state index is 12.6. The topological polar surface area (TPSA) is 58.4 Å². The molecule has 0 radical (unpaired) electrons. The Hall–Kier alpha value is -2.30. The molecule has 3 rings (SSSR count). The molecule has 0 bridgehead atoms. The second kappa shape index (κ2) is 6.22. The SMILES string of the molecule is CCCN(C(=O)Nc1cc(C)on1)C1CCc2ccccc21. The first-order valence-electron chi connectivity index (χ1n) is 7.77. The molecule has 0 saturated carbocycles. The predicted molar refractivity (Wildman–Crippen MR) is 84.8 cm³/mol. The molecule has 1 aromatic heterocycles. The molecule has 1 unspecified atom stereocenters. The van der Waals surface area contributed by atoms with Gasteiger partial charge in [-0.2, -0.15) is 0 Å². The van der Waals surface area contributed by atoms with Gasteiger partial charge >= 0.3 is 6.03 Å². The Kier molecular flexibility index (Phi) is 4.13. The van der Waals surface area contributed by atoms with Gasteiger partial charge < -0.3 is 9.42 Å². The number of aryl methyl sites for hydroxylation is 2. The summed E-state index contributed by atoms with van der Waals surface area (Å²) in [6.45, 7) is 4.61. The number of aromatic nitrogens is 1. The van der Waals surface area contributed by atoms with Gasteiger partial charge in [-0.15, -0.1) is 0 Å². The number of fused-ring (bicyclic) bond motifs is 1. The van der Waals surface area contributed by atoms with E-state index in [9.17, 15) is 4.79 Å². The largest absolute Gasteiger partial charge is 0.360 e. The van der Waals surface area contributed by atoms with Gasteiger partial charge in [0.15, 0.2) is 5.82 Å². The van der Waals surface area contributed by atoms with Gasteiger partial charge in [0.25, 0.3) is 0 Å². The molecule has 1 aromatic carbocycles. The maximum atomic E-state index is 12.6. The standard InChI is InChI=1S/C17H21N3O2/c1-3-10-20(17(21)18-16-11-12(2)22-19-16)15-9-8-13-6-4-5-7-14(13)15/h4-7,11,15H,3,8-10H2,1-2H3,(H,18,19,21). The summed E-state index contributed by atoms with van der Waals surface area (Å²) in [4.78, 5) is 14.6. The van der Waals surface area contributed by atoms with E-state index in [-0.39, 0.29) is 12.1 Å². The van der Waals surface area contributed by atoms with Gasteiger partial charge in [0, 0.05) is 12.6 Å². The van der Waals surface area contributed by atoms with Crippen molar-refractivity contribution in [2.45, 2.75) is 39.2 Å². The van der Waals surface area contributed by atoms with Crippen LogP contribution in [0.4, 0.5) is 10.6 Å². The third-order valence-electron chi connectivity index (χ3n) is 4.07. The van der Waals surface area contributed by atoms with Crippen LogP contribution in [0.3, 0.4) is 0 Å². The van der Waals surface area contributed by atoms with Gasteiger partial charge in [0.05, 0.1) is 6.04 Å². The Labute approximate surface area is 130 Å². The smallest absolute Gasteiger partial charge is 0.323 e. The van der Waals surface area contributed by atoms with Crippen molar-refractivity contribution in [2.75, 3.05) is 11.9 Å². The Morgan fingerprint density at radius 2 is 2.27 bits per heavy atom. The molecule has 0 saturated heterocycles. The van der Waals surface area contributed by atoms with E-state index in [0.717, 1.165) is 25.8 Å². The van der Waals surface area contributed by atoms with Crippen LogP contribution in [0.25, 0.3) is 0 Å². The van der Waals surface area contributed by atoms with Gasteiger partial charge in [-0.05, 0) is 37.3 Å². The van der Waals surface area contributed by atoms with Crippen molar-refractivity contribution >= 4 is 11.8 Å². The summed E-state index contributed by atoms with van der Waals surface area (Å²) in [5.41, 5.74) is 2.61. The number of hydrogen-bond donors (Lipinski definition) is 1. The van der Waals surface area contributed by atoms with Crippen LogP contribution >= 0.6 is 0 Å². The Morgan fingerprint density at radius 1 is 1.45 bits per heavy atom. The van der Waals surface area contributed by atoms with E-state index in [1.54, 1.807) is 13.0 Å². The predicted octanol–water partition coefficient (Wildman–Crippen LogP) is 3.91. The summed E-state index contributed by atoms with van der Waals surface area (Å²) >= 11 is 0. The molecular formula is C17H21N3O2. The molecule has 5 heteroatoms. The molecule has 1 aliphatic carbocycles. The first-order chi connectivity index (χ1) is 10.7. The van der Waals surface area contributed by atoms with Crippen LogP contribution in [0, 0.1) is 6.92 Å². The molecule has 22 heavy (non-hydrogen) atoms. The van der Waals surface area contributed by atoms with Crippen LogP contribution in [-0.4, -0.2) is 22.6 Å². The Balaban J connectivity index is 1.79. The van der Waals surface area contributed by atoms with E-state index >= 15 is 0 Å². The zero-order valence-electron chi connectivity index (χ0n) is 13.0. The summed E-state index contributed by atoms with van der Waals surface area (Å²) < 4.78 is 5.00. The van der Waals surface area contributed by atoms with Gasteiger partial charge in [-0.3, -0.25) is 5.32 Å². The van der Waals surface area contributed by atoms with Crippen LogP contribution in [0.5, 0.6) is 0 Å². The number of anilines is 1. The number of nitrogens with one attached hydrogen (secondary N) is 1. The zero-order valence-corrected chi connectivity index (χ0v) is 13.0. The Morgan fingerprint density at radius 3 is 3.00 bits per heavy atom. The minimum absolute atomic E-state index is 0.114. The molecule has 1 aliphatic rings. The summed E-state index contributed by atoms with van der Waals surface area (Å²) in [5, 5.41) is 6.67. The van der Waals surface area contributed by atoms with Gasteiger partial charge in [-0.1, -0.05) is 36.3 Å². The minimum atomic E-state index is -0.114. The fourth-order valence-corrected chi connectivity index (χ4v) is 3.10. The molecular weight excluding hydrogens is 278 g/mol. The van der Waals surface area contributed by atoms with Crippen LogP contribution < -0.4 is 5.32 Å². The van der Waals surface area contributed by atoms with Crippen molar-refractivity contribution in [3.05, 3.63) is 47.2 Å². The second-order valence-electron chi connectivity index (χ2n) is 5.70. The molecule has 2 amide bonds. The lowest BCUT2D eigenvalue weighted by Gasteiger charge is -2.29. The van der Waals surface area contributed by atoms with Crippen LogP contribution in [0.15, 0.2) is 34.9 Å². The van der Waals surface area contributed by atoms with E-state index < -0.39 is 0 Å². The number of amides is 2. The van der Waals surface area contributed by atoms with Crippen LogP contribution in [-0.2, 0) is 6.42 Å². The van der Waals surface area contributed by atoms with E-state index in [4.69, 9.17) is 4.52 Å². The molecule has 0 fully saturated rings. The number of urea groups is 1. The van der Waals surface area contributed by atoms with Crippen LogP contribution in [0.1, 0.15) is 42.7 Å². The second-order valence-corrected chi connectivity index (χ2v) is 5.70. The highest BCUT2D eigenvalue weighted by molar-refractivity contribution is 5.88. The van der Waals surface area contributed by atoms with Crippen LogP contribution in [0.2, 0.25) is 0 Å². The molecule has 0 spiro atoms. The third-order valence-corrected chi connectivity index (χ3v) is 4.07. The normalized spacial score (nSPS) is 16.4. The average molecular weight is 299 g/mol. The highest BCUT2D eigenvalue weighted by Gasteiger charge is 2.30. The molecule has 116 valence electrons. The number of benzene rings is 1. The molecule has 1 atom stereocenters. The lowest BCUT2D eigenvalue weighted by molar-refractivity contribution is 0.187.